The molecule has 7 heteroatoms. The molecular weight excluding hydrogens is 329 g/mol. The first-order valence-corrected chi connectivity index (χ1v) is 8.25. The quantitative estimate of drug-likeness (QED) is 0.790. The summed E-state index contributed by atoms with van der Waals surface area (Å²) in [6.45, 7) is 3.84. The fourth-order valence-corrected chi connectivity index (χ4v) is 3.83. The largest absolute Gasteiger partial charge is 0.370 e. The van der Waals surface area contributed by atoms with Gasteiger partial charge in [0.25, 0.3) is 5.56 Å². The van der Waals surface area contributed by atoms with Gasteiger partial charge in [-0.25, -0.2) is 9.37 Å². The van der Waals surface area contributed by atoms with E-state index in [0.29, 0.717) is 16.0 Å². The van der Waals surface area contributed by atoms with Gasteiger partial charge < -0.3 is 5.73 Å². The topological polar surface area (TPSA) is 78.0 Å². The van der Waals surface area contributed by atoms with Crippen LogP contribution in [-0.2, 0) is 11.3 Å². The number of primary amides is 1. The number of aromatic nitrogens is 2. The van der Waals surface area contributed by atoms with Crippen molar-refractivity contribution < 1.29 is 9.18 Å². The third kappa shape index (κ3) is 2.82. The average Bonchev–Trinajstić information content (AvgIpc) is 2.83. The lowest BCUT2D eigenvalue weighted by atomic mass is 10.0. The molecule has 0 aliphatic heterocycles. The molecule has 0 fully saturated rings. The summed E-state index contributed by atoms with van der Waals surface area (Å²) in [6.07, 6.45) is 0.0724. The molecule has 1 amide bonds. The smallest absolute Gasteiger partial charge is 0.262 e. The fourth-order valence-electron chi connectivity index (χ4n) is 2.75. The summed E-state index contributed by atoms with van der Waals surface area (Å²) in [6, 6.07) is 6.03. The summed E-state index contributed by atoms with van der Waals surface area (Å²) in [5.74, 6) is -0.258. The van der Waals surface area contributed by atoms with Crippen LogP contribution in [0.2, 0.25) is 0 Å². The zero-order chi connectivity index (χ0) is 17.4. The molecule has 2 N–H and O–H groups in total. The van der Waals surface area contributed by atoms with Gasteiger partial charge in [-0.2, -0.15) is 0 Å². The van der Waals surface area contributed by atoms with Crippen molar-refractivity contribution in [2.75, 3.05) is 0 Å². The number of hydrogen-bond donors (Lipinski definition) is 1. The van der Waals surface area contributed by atoms with Crippen molar-refractivity contribution in [3.63, 3.8) is 0 Å². The fraction of sp³-hybridized carbons (Fsp3) is 0.235. The SMILES string of the molecule is Cc1sc2nc(C)n(CCC(N)=O)c(=O)c2c1-c1ccc(F)cc1. The summed E-state index contributed by atoms with van der Waals surface area (Å²) in [4.78, 5) is 30.1. The van der Waals surface area contributed by atoms with E-state index in [1.165, 1.54) is 28.0 Å². The molecule has 1 aromatic carbocycles. The van der Waals surface area contributed by atoms with E-state index in [9.17, 15) is 14.0 Å². The summed E-state index contributed by atoms with van der Waals surface area (Å²) in [5.41, 5.74) is 6.51. The maximum atomic E-state index is 13.2. The van der Waals surface area contributed by atoms with Crippen LogP contribution in [0.1, 0.15) is 17.1 Å². The minimum absolute atomic E-state index is 0.0724. The first-order chi connectivity index (χ1) is 11.4. The van der Waals surface area contributed by atoms with Crippen LogP contribution in [0, 0.1) is 19.7 Å². The summed E-state index contributed by atoms with van der Waals surface area (Å²) < 4.78 is 14.7. The van der Waals surface area contributed by atoms with Gasteiger partial charge in [0.15, 0.2) is 0 Å². The number of halogens is 1. The third-order valence-electron chi connectivity index (χ3n) is 3.89. The molecule has 5 nitrogen and oxygen atoms in total. The minimum Gasteiger partial charge on any atom is -0.370 e. The van der Waals surface area contributed by atoms with Crippen molar-refractivity contribution in [3.8, 4) is 11.1 Å². The van der Waals surface area contributed by atoms with E-state index >= 15 is 0 Å². The van der Waals surface area contributed by atoms with Crippen molar-refractivity contribution >= 4 is 27.5 Å². The van der Waals surface area contributed by atoms with Crippen LogP contribution >= 0.6 is 11.3 Å². The van der Waals surface area contributed by atoms with Gasteiger partial charge in [0.05, 0.1) is 5.39 Å². The molecule has 0 unspecified atom stereocenters. The highest BCUT2D eigenvalue weighted by Gasteiger charge is 2.18. The van der Waals surface area contributed by atoms with Crippen molar-refractivity contribution in [3.05, 3.63) is 51.1 Å². The molecule has 0 spiro atoms. The molecule has 0 saturated carbocycles. The number of benzene rings is 1. The molecule has 24 heavy (non-hydrogen) atoms. The zero-order valence-electron chi connectivity index (χ0n) is 13.3. The summed E-state index contributed by atoms with van der Waals surface area (Å²) in [5, 5.41) is 0.499. The number of hydrogen-bond acceptors (Lipinski definition) is 4. The lowest BCUT2D eigenvalue weighted by molar-refractivity contribution is -0.118. The van der Waals surface area contributed by atoms with E-state index in [-0.39, 0.29) is 24.3 Å². The molecule has 124 valence electrons. The number of carbonyl (C=O) groups is 1. The highest BCUT2D eigenvalue weighted by Crippen LogP contribution is 2.35. The Hall–Kier alpha value is -2.54. The first kappa shape index (κ1) is 16.3. The van der Waals surface area contributed by atoms with E-state index in [1.54, 1.807) is 19.1 Å². The Morgan fingerprint density at radius 1 is 1.29 bits per heavy atom. The second kappa shape index (κ2) is 6.16. The Balaban J connectivity index is 2.25. The molecule has 0 bridgehead atoms. The average molecular weight is 345 g/mol. The lowest BCUT2D eigenvalue weighted by Gasteiger charge is -2.09. The Morgan fingerprint density at radius 2 is 1.96 bits per heavy atom. The Kier molecular flexibility index (Phi) is 4.19. The Labute approximate surface area is 141 Å². The first-order valence-electron chi connectivity index (χ1n) is 7.43. The molecule has 2 aromatic heterocycles. The van der Waals surface area contributed by atoms with E-state index in [4.69, 9.17) is 5.73 Å². The maximum Gasteiger partial charge on any atom is 0.262 e. The summed E-state index contributed by atoms with van der Waals surface area (Å²) in [7, 11) is 0. The predicted octanol–water partition coefficient (Wildman–Crippen LogP) is 2.76. The molecular formula is C17H16FN3O2S. The van der Waals surface area contributed by atoms with Gasteiger partial charge >= 0.3 is 0 Å². The Morgan fingerprint density at radius 3 is 2.58 bits per heavy atom. The molecule has 3 rings (SSSR count). The van der Waals surface area contributed by atoms with Crippen molar-refractivity contribution in [2.24, 2.45) is 5.73 Å². The molecule has 3 aromatic rings. The number of amides is 1. The van der Waals surface area contributed by atoms with Gasteiger partial charge in [-0.15, -0.1) is 11.3 Å². The molecule has 0 atom stereocenters. The molecule has 2 heterocycles. The van der Waals surface area contributed by atoms with E-state index in [1.807, 2.05) is 6.92 Å². The van der Waals surface area contributed by atoms with Gasteiger partial charge in [0, 0.05) is 23.4 Å². The van der Waals surface area contributed by atoms with Crippen LogP contribution in [-0.4, -0.2) is 15.5 Å². The van der Waals surface area contributed by atoms with E-state index in [2.05, 4.69) is 4.98 Å². The molecule has 0 aliphatic rings. The lowest BCUT2D eigenvalue weighted by Crippen LogP contribution is -2.26. The maximum absolute atomic E-state index is 13.2. The van der Waals surface area contributed by atoms with Crippen LogP contribution in [0.25, 0.3) is 21.3 Å². The highest BCUT2D eigenvalue weighted by molar-refractivity contribution is 7.19. The number of nitrogens with two attached hydrogens (primary N) is 1. The number of fused-ring (bicyclic) bond motifs is 1. The minimum atomic E-state index is -0.471. The predicted molar refractivity (Wildman–Crippen MR) is 92.6 cm³/mol. The van der Waals surface area contributed by atoms with Crippen LogP contribution < -0.4 is 11.3 Å². The Bertz CT molecular complexity index is 990. The number of aryl methyl sites for hydroxylation is 2. The second-order valence-electron chi connectivity index (χ2n) is 5.55. The second-order valence-corrected chi connectivity index (χ2v) is 6.76. The van der Waals surface area contributed by atoms with Gasteiger partial charge in [0.2, 0.25) is 5.91 Å². The van der Waals surface area contributed by atoms with Gasteiger partial charge in [-0.3, -0.25) is 14.2 Å². The van der Waals surface area contributed by atoms with E-state index in [0.717, 1.165) is 16.0 Å². The van der Waals surface area contributed by atoms with Crippen molar-refractivity contribution in [2.45, 2.75) is 26.8 Å². The summed E-state index contributed by atoms with van der Waals surface area (Å²) >= 11 is 1.43. The molecule has 0 radical (unpaired) electrons. The van der Waals surface area contributed by atoms with Crippen LogP contribution in [0.3, 0.4) is 0 Å². The number of rotatable bonds is 4. The normalized spacial score (nSPS) is 11.1. The standard InChI is InChI=1S/C17H16FN3O2S/c1-9-14(11-3-5-12(18)6-4-11)15-16(24-9)20-10(2)21(17(15)23)8-7-13(19)22/h3-6H,7-8H2,1-2H3,(H2,19,22). The number of thiophene rings is 1. The zero-order valence-corrected chi connectivity index (χ0v) is 14.1. The van der Waals surface area contributed by atoms with E-state index < -0.39 is 5.91 Å². The van der Waals surface area contributed by atoms with Crippen molar-refractivity contribution in [1.82, 2.24) is 9.55 Å². The molecule has 0 saturated heterocycles. The van der Waals surface area contributed by atoms with Gasteiger partial charge in [-0.1, -0.05) is 12.1 Å². The van der Waals surface area contributed by atoms with Gasteiger partial charge in [0.1, 0.15) is 16.5 Å². The third-order valence-corrected chi connectivity index (χ3v) is 4.89. The van der Waals surface area contributed by atoms with Crippen molar-refractivity contribution in [1.29, 1.82) is 0 Å². The molecule has 0 aliphatic carbocycles. The number of nitrogens with zero attached hydrogens (tertiary/aromatic N) is 2. The van der Waals surface area contributed by atoms with Crippen LogP contribution in [0.4, 0.5) is 4.39 Å². The highest BCUT2D eigenvalue weighted by atomic mass is 32.1. The van der Waals surface area contributed by atoms with Crippen LogP contribution in [0.15, 0.2) is 29.1 Å². The number of carbonyl (C=O) groups excluding carboxylic acids is 1. The van der Waals surface area contributed by atoms with Crippen LogP contribution in [0.5, 0.6) is 0 Å². The van der Waals surface area contributed by atoms with Gasteiger partial charge in [-0.05, 0) is 31.5 Å². The monoisotopic (exact) mass is 345 g/mol.